The molecule has 2 N–H and O–H groups in total. The van der Waals surface area contributed by atoms with Crippen molar-refractivity contribution < 1.29 is 14.3 Å². The lowest BCUT2D eigenvalue weighted by molar-refractivity contribution is -0.121. The van der Waals surface area contributed by atoms with Gasteiger partial charge in [-0.15, -0.1) is 0 Å². The lowest BCUT2D eigenvalue weighted by atomic mass is 10.1. The molecular weight excluding hydrogens is 319 g/mol. The van der Waals surface area contributed by atoms with Gasteiger partial charge in [0.25, 0.3) is 0 Å². The van der Waals surface area contributed by atoms with Crippen molar-refractivity contribution in [1.82, 2.24) is 9.88 Å². The smallest absolute Gasteiger partial charge is 0.307 e. The molecule has 0 aliphatic carbocycles. The maximum absolute atomic E-state index is 13.5. The Morgan fingerprint density at radius 3 is 2.70 bits per heavy atom. The Labute approximate surface area is 137 Å². The van der Waals surface area contributed by atoms with Crippen molar-refractivity contribution in [2.45, 2.75) is 32.9 Å². The highest BCUT2D eigenvalue weighted by molar-refractivity contribution is 7.09. The van der Waals surface area contributed by atoms with E-state index in [0.29, 0.717) is 0 Å². The van der Waals surface area contributed by atoms with Gasteiger partial charge in [0, 0.05) is 35.6 Å². The largest absolute Gasteiger partial charge is 0.386 e. The second-order valence-corrected chi connectivity index (χ2v) is 6.42. The first-order valence-electron chi connectivity index (χ1n) is 7.26. The quantitative estimate of drug-likeness (QED) is 0.845. The first-order chi connectivity index (χ1) is 10.9. The van der Waals surface area contributed by atoms with E-state index in [2.05, 4.69) is 5.32 Å². The number of hydrogen-bond acceptors (Lipinski definition) is 4. The van der Waals surface area contributed by atoms with E-state index in [1.165, 1.54) is 18.2 Å². The van der Waals surface area contributed by atoms with Gasteiger partial charge in [-0.25, -0.2) is 4.39 Å². The molecule has 124 valence electrons. The van der Waals surface area contributed by atoms with Crippen molar-refractivity contribution in [2.75, 3.05) is 6.54 Å². The minimum Gasteiger partial charge on any atom is -0.386 e. The number of amides is 1. The molecule has 2 rings (SSSR count). The van der Waals surface area contributed by atoms with Gasteiger partial charge in [-0.05, 0) is 19.9 Å². The summed E-state index contributed by atoms with van der Waals surface area (Å²) in [6.07, 6.45) is -0.978. The van der Waals surface area contributed by atoms with E-state index in [-0.39, 0.29) is 35.9 Å². The molecule has 1 amide bonds. The summed E-state index contributed by atoms with van der Waals surface area (Å²) in [5.41, 5.74) is 1.01. The number of aliphatic hydroxyl groups excluding tert-OH is 1. The van der Waals surface area contributed by atoms with Crippen molar-refractivity contribution in [1.29, 1.82) is 0 Å². The fourth-order valence-corrected chi connectivity index (χ4v) is 3.07. The van der Waals surface area contributed by atoms with E-state index in [1.807, 2.05) is 13.8 Å². The molecule has 1 atom stereocenters. The monoisotopic (exact) mass is 338 g/mol. The Morgan fingerprint density at radius 2 is 2.09 bits per heavy atom. The Balaban J connectivity index is 1.86. The number of aliphatic hydroxyl groups is 1. The van der Waals surface area contributed by atoms with Crippen LogP contribution in [0.15, 0.2) is 29.1 Å². The average Bonchev–Trinajstić information content (AvgIpc) is 2.76. The molecule has 7 heteroatoms. The van der Waals surface area contributed by atoms with Crippen LogP contribution in [0.1, 0.15) is 28.7 Å². The van der Waals surface area contributed by atoms with Crippen LogP contribution >= 0.6 is 11.3 Å². The predicted octanol–water partition coefficient (Wildman–Crippen LogP) is 1.91. The molecule has 5 nitrogen and oxygen atoms in total. The minimum absolute atomic E-state index is 0.0731. The lowest BCUT2D eigenvalue weighted by Crippen LogP contribution is -2.30. The summed E-state index contributed by atoms with van der Waals surface area (Å²) in [6.45, 7) is 3.92. The molecule has 2 aromatic rings. The third kappa shape index (κ3) is 4.27. The summed E-state index contributed by atoms with van der Waals surface area (Å²) in [5, 5.41) is 12.5. The van der Waals surface area contributed by atoms with Gasteiger partial charge < -0.3 is 15.0 Å². The fraction of sp³-hybridized carbons (Fsp3) is 0.375. The molecule has 0 bridgehead atoms. The number of carbonyl (C=O) groups excluding carboxylic acids is 1. The van der Waals surface area contributed by atoms with Crippen molar-refractivity contribution in [3.05, 3.63) is 55.9 Å². The standard InChI is InChI=1S/C16H19FN2O3S/c1-10-11(2)23-16(22)19(10)8-7-15(21)18-9-14(20)12-5-3-4-6-13(12)17/h3-6,14,20H,7-9H2,1-2H3,(H,18,21). The number of nitrogens with zero attached hydrogens (tertiary/aromatic N) is 1. The third-order valence-electron chi connectivity index (χ3n) is 3.69. The number of benzene rings is 1. The topological polar surface area (TPSA) is 71.3 Å². The van der Waals surface area contributed by atoms with Crippen LogP contribution in [-0.2, 0) is 11.3 Å². The SMILES string of the molecule is Cc1sc(=O)n(CCC(=O)NCC(O)c2ccccc2F)c1C. The van der Waals surface area contributed by atoms with Crippen LogP contribution in [0, 0.1) is 19.7 Å². The van der Waals surface area contributed by atoms with E-state index >= 15 is 0 Å². The zero-order chi connectivity index (χ0) is 17.0. The molecule has 1 heterocycles. The number of carbonyl (C=O) groups is 1. The highest BCUT2D eigenvalue weighted by atomic mass is 32.1. The van der Waals surface area contributed by atoms with Crippen molar-refractivity contribution >= 4 is 17.2 Å². The molecule has 23 heavy (non-hydrogen) atoms. The lowest BCUT2D eigenvalue weighted by Gasteiger charge is -2.13. The van der Waals surface area contributed by atoms with Crippen LogP contribution in [0.3, 0.4) is 0 Å². The van der Waals surface area contributed by atoms with Gasteiger partial charge in [0.2, 0.25) is 5.91 Å². The Kier molecular flexibility index (Phi) is 5.68. The summed E-state index contributed by atoms with van der Waals surface area (Å²) in [4.78, 5) is 24.4. The molecule has 0 saturated carbocycles. The maximum atomic E-state index is 13.5. The second-order valence-electron chi connectivity index (χ2n) is 5.25. The Hall–Kier alpha value is -1.99. The third-order valence-corrected chi connectivity index (χ3v) is 4.69. The highest BCUT2D eigenvalue weighted by Gasteiger charge is 2.14. The molecule has 1 unspecified atom stereocenters. The van der Waals surface area contributed by atoms with Crippen LogP contribution in [0.25, 0.3) is 0 Å². The van der Waals surface area contributed by atoms with Crippen molar-refractivity contribution in [2.24, 2.45) is 0 Å². The Bertz CT molecular complexity index is 754. The molecule has 0 saturated heterocycles. The van der Waals surface area contributed by atoms with Gasteiger partial charge >= 0.3 is 4.87 Å². The number of aromatic nitrogens is 1. The average molecular weight is 338 g/mol. The molecule has 0 aliphatic heterocycles. The molecule has 1 aromatic carbocycles. The van der Waals surface area contributed by atoms with Crippen molar-refractivity contribution in [3.63, 3.8) is 0 Å². The van der Waals surface area contributed by atoms with Gasteiger partial charge in [-0.2, -0.15) is 0 Å². The molecule has 0 radical (unpaired) electrons. The van der Waals surface area contributed by atoms with Gasteiger partial charge in [-0.1, -0.05) is 29.5 Å². The van der Waals surface area contributed by atoms with Crippen LogP contribution in [0.5, 0.6) is 0 Å². The molecular formula is C16H19FN2O3S. The van der Waals surface area contributed by atoms with Crippen LogP contribution in [-0.4, -0.2) is 22.1 Å². The summed E-state index contributed by atoms with van der Waals surface area (Å²) in [7, 11) is 0. The number of nitrogens with one attached hydrogen (secondary N) is 1. The zero-order valence-electron chi connectivity index (χ0n) is 13.0. The van der Waals surface area contributed by atoms with Gasteiger partial charge in [0.15, 0.2) is 0 Å². The van der Waals surface area contributed by atoms with E-state index in [0.717, 1.165) is 21.9 Å². The first-order valence-corrected chi connectivity index (χ1v) is 8.07. The Morgan fingerprint density at radius 1 is 1.39 bits per heavy atom. The first kappa shape index (κ1) is 17.4. The molecule has 0 aliphatic rings. The summed E-state index contributed by atoms with van der Waals surface area (Å²) < 4.78 is 15.1. The number of thiazole rings is 1. The fourth-order valence-electron chi connectivity index (χ4n) is 2.21. The second kappa shape index (κ2) is 7.52. The van der Waals surface area contributed by atoms with Gasteiger partial charge in [-0.3, -0.25) is 9.59 Å². The van der Waals surface area contributed by atoms with Crippen LogP contribution in [0.2, 0.25) is 0 Å². The molecule has 0 spiro atoms. The van der Waals surface area contributed by atoms with Gasteiger partial charge in [0.1, 0.15) is 5.82 Å². The number of rotatable bonds is 6. The maximum Gasteiger partial charge on any atom is 0.307 e. The number of halogens is 1. The van der Waals surface area contributed by atoms with Gasteiger partial charge in [0.05, 0.1) is 6.10 Å². The minimum atomic E-state index is -1.10. The number of hydrogen-bond donors (Lipinski definition) is 2. The van der Waals surface area contributed by atoms with E-state index in [4.69, 9.17) is 0 Å². The van der Waals surface area contributed by atoms with Crippen molar-refractivity contribution in [3.8, 4) is 0 Å². The summed E-state index contributed by atoms with van der Waals surface area (Å²) in [6, 6.07) is 5.89. The molecule has 0 fully saturated rings. The van der Waals surface area contributed by atoms with Crippen LogP contribution in [0.4, 0.5) is 4.39 Å². The summed E-state index contributed by atoms with van der Waals surface area (Å²) in [5.74, 6) is -0.805. The summed E-state index contributed by atoms with van der Waals surface area (Å²) >= 11 is 1.16. The highest BCUT2D eigenvalue weighted by Crippen LogP contribution is 2.15. The number of aryl methyl sites for hydroxylation is 1. The predicted molar refractivity (Wildman–Crippen MR) is 87.0 cm³/mol. The normalized spacial score (nSPS) is 12.2. The van der Waals surface area contributed by atoms with Crippen LogP contribution < -0.4 is 10.2 Å². The van der Waals surface area contributed by atoms with E-state index in [1.54, 1.807) is 10.6 Å². The van der Waals surface area contributed by atoms with E-state index < -0.39 is 11.9 Å². The zero-order valence-corrected chi connectivity index (χ0v) is 13.8. The van der Waals surface area contributed by atoms with E-state index in [9.17, 15) is 19.1 Å². The molecule has 1 aromatic heterocycles.